The number of anilines is 1. The molecule has 134 valence electrons. The van der Waals surface area contributed by atoms with Gasteiger partial charge in [-0.05, 0) is 30.2 Å². The highest BCUT2D eigenvalue weighted by Crippen LogP contribution is 2.30. The van der Waals surface area contributed by atoms with Gasteiger partial charge >= 0.3 is 0 Å². The summed E-state index contributed by atoms with van der Waals surface area (Å²) < 4.78 is 15.1. The number of thioether (sulfide) groups is 2. The average molecular weight is 406 g/mol. The molecule has 0 radical (unpaired) electrons. The predicted octanol–water partition coefficient (Wildman–Crippen LogP) is 5.01. The van der Waals surface area contributed by atoms with Crippen molar-refractivity contribution >= 4 is 46.5 Å². The van der Waals surface area contributed by atoms with E-state index in [2.05, 4.69) is 27.6 Å². The number of halogens is 1. The van der Waals surface area contributed by atoms with Crippen molar-refractivity contribution in [2.24, 2.45) is 0 Å². The quantitative estimate of drug-likeness (QED) is 0.560. The van der Waals surface area contributed by atoms with Crippen LogP contribution in [-0.2, 0) is 10.5 Å². The third-order valence-corrected chi connectivity index (χ3v) is 6.64. The van der Waals surface area contributed by atoms with Gasteiger partial charge in [0.15, 0.2) is 8.68 Å². The summed E-state index contributed by atoms with van der Waals surface area (Å²) in [5.74, 6) is 0.499. The van der Waals surface area contributed by atoms with Gasteiger partial charge in [-0.3, -0.25) is 4.79 Å². The Morgan fingerprint density at radius 2 is 1.85 bits per heavy atom. The van der Waals surface area contributed by atoms with Crippen molar-refractivity contribution in [2.45, 2.75) is 21.4 Å². The van der Waals surface area contributed by atoms with E-state index in [0.29, 0.717) is 11.3 Å². The van der Waals surface area contributed by atoms with Gasteiger partial charge in [-0.25, -0.2) is 4.39 Å². The molecular weight excluding hydrogens is 389 g/mol. The second kappa shape index (κ2) is 9.16. The zero-order valence-corrected chi connectivity index (χ0v) is 16.4. The Morgan fingerprint density at radius 1 is 1.12 bits per heavy atom. The highest BCUT2D eigenvalue weighted by Gasteiger charge is 2.10. The molecule has 3 aromatic rings. The van der Waals surface area contributed by atoms with E-state index in [4.69, 9.17) is 0 Å². The number of aromatic nitrogens is 2. The number of hydrogen-bond donors (Lipinski definition) is 1. The first-order chi connectivity index (χ1) is 12.6. The van der Waals surface area contributed by atoms with Gasteiger partial charge in [-0.2, -0.15) is 0 Å². The number of rotatable bonds is 7. The lowest BCUT2D eigenvalue weighted by Gasteiger charge is -2.05. The summed E-state index contributed by atoms with van der Waals surface area (Å²) in [5.41, 5.74) is 2.23. The highest BCUT2D eigenvalue weighted by molar-refractivity contribution is 8.03. The summed E-state index contributed by atoms with van der Waals surface area (Å²) in [7, 11) is 0. The Kier molecular flexibility index (Phi) is 6.65. The molecule has 1 aromatic heterocycles. The van der Waals surface area contributed by atoms with Crippen LogP contribution in [0, 0.1) is 12.7 Å². The molecule has 0 fully saturated rings. The molecule has 0 bridgehead atoms. The number of amides is 1. The molecular formula is C18H16FN3OS3. The maximum absolute atomic E-state index is 13.5. The minimum absolute atomic E-state index is 0.202. The fourth-order valence-electron chi connectivity index (χ4n) is 2.03. The van der Waals surface area contributed by atoms with E-state index in [1.165, 1.54) is 34.7 Å². The Hall–Kier alpha value is -1.90. The molecule has 8 heteroatoms. The van der Waals surface area contributed by atoms with Crippen molar-refractivity contribution < 1.29 is 9.18 Å². The van der Waals surface area contributed by atoms with Crippen LogP contribution in [0.5, 0.6) is 0 Å². The normalized spacial score (nSPS) is 10.7. The summed E-state index contributed by atoms with van der Waals surface area (Å²) in [6, 6.07) is 14.8. The second-order valence-electron chi connectivity index (χ2n) is 5.41. The van der Waals surface area contributed by atoms with Crippen LogP contribution in [0.4, 0.5) is 10.1 Å². The maximum Gasteiger partial charge on any atom is 0.234 e. The third kappa shape index (κ3) is 5.55. The molecule has 0 aliphatic carbocycles. The van der Waals surface area contributed by atoms with Gasteiger partial charge < -0.3 is 5.32 Å². The van der Waals surface area contributed by atoms with Crippen molar-refractivity contribution in [3.63, 3.8) is 0 Å². The van der Waals surface area contributed by atoms with E-state index in [0.717, 1.165) is 14.4 Å². The third-order valence-electron chi connectivity index (χ3n) is 3.38. The number of carbonyl (C=O) groups is 1. The van der Waals surface area contributed by atoms with E-state index in [1.807, 2.05) is 18.2 Å². The van der Waals surface area contributed by atoms with Gasteiger partial charge in [-0.15, -0.1) is 10.2 Å². The van der Waals surface area contributed by atoms with E-state index >= 15 is 0 Å². The fourth-order valence-corrected chi connectivity index (χ4v) is 4.80. The van der Waals surface area contributed by atoms with Gasteiger partial charge in [0.05, 0.1) is 5.75 Å². The fraction of sp³-hybridized carbons (Fsp3) is 0.167. The van der Waals surface area contributed by atoms with Crippen LogP contribution in [0.15, 0.2) is 57.2 Å². The second-order valence-corrected chi connectivity index (χ2v) is 8.83. The number of carbonyl (C=O) groups excluding carboxylic acids is 1. The zero-order chi connectivity index (χ0) is 18.4. The number of benzene rings is 2. The first-order valence-electron chi connectivity index (χ1n) is 7.79. The first-order valence-corrected chi connectivity index (χ1v) is 10.6. The van der Waals surface area contributed by atoms with Crippen molar-refractivity contribution in [1.82, 2.24) is 10.2 Å². The van der Waals surface area contributed by atoms with Gasteiger partial charge in [0.1, 0.15) is 5.82 Å². The molecule has 1 heterocycles. The maximum atomic E-state index is 13.5. The molecule has 0 aliphatic heterocycles. The molecule has 0 saturated heterocycles. The molecule has 0 unspecified atom stereocenters. The largest absolute Gasteiger partial charge is 0.325 e. The topological polar surface area (TPSA) is 54.9 Å². The number of aryl methyl sites for hydroxylation is 1. The van der Waals surface area contributed by atoms with Gasteiger partial charge in [0, 0.05) is 11.4 Å². The summed E-state index contributed by atoms with van der Waals surface area (Å²) >= 11 is 4.42. The van der Waals surface area contributed by atoms with E-state index in [9.17, 15) is 9.18 Å². The minimum atomic E-state index is -0.334. The zero-order valence-electron chi connectivity index (χ0n) is 13.9. The van der Waals surface area contributed by atoms with Gasteiger partial charge in [0.25, 0.3) is 0 Å². The lowest BCUT2D eigenvalue weighted by Crippen LogP contribution is -2.14. The molecule has 0 spiro atoms. The summed E-state index contributed by atoms with van der Waals surface area (Å²) in [6.45, 7) is 1.68. The van der Waals surface area contributed by atoms with Crippen LogP contribution < -0.4 is 5.32 Å². The molecule has 3 rings (SSSR count). The van der Waals surface area contributed by atoms with Gasteiger partial charge in [0.2, 0.25) is 5.91 Å². The molecule has 1 amide bonds. The van der Waals surface area contributed by atoms with Crippen LogP contribution in [0.3, 0.4) is 0 Å². The molecule has 4 nitrogen and oxygen atoms in total. The van der Waals surface area contributed by atoms with E-state index < -0.39 is 0 Å². The molecule has 0 saturated carbocycles. The summed E-state index contributed by atoms with van der Waals surface area (Å²) in [4.78, 5) is 12.0. The molecule has 26 heavy (non-hydrogen) atoms. The standard InChI is InChI=1S/C18H16FN3OS3/c1-12-7-8-14(9-15(12)19)20-16(23)11-25-18-22-21-17(26-18)24-10-13-5-3-2-4-6-13/h2-9H,10-11H2,1H3,(H,20,23). The van der Waals surface area contributed by atoms with Gasteiger partial charge in [-0.1, -0.05) is 71.3 Å². The minimum Gasteiger partial charge on any atom is -0.325 e. The lowest BCUT2D eigenvalue weighted by molar-refractivity contribution is -0.113. The van der Waals surface area contributed by atoms with Crippen LogP contribution in [0.2, 0.25) is 0 Å². The van der Waals surface area contributed by atoms with E-state index in [-0.39, 0.29) is 17.5 Å². The summed E-state index contributed by atoms with van der Waals surface area (Å²) in [5, 5.41) is 10.9. The smallest absolute Gasteiger partial charge is 0.234 e. The number of hydrogen-bond acceptors (Lipinski definition) is 6. The Morgan fingerprint density at radius 3 is 2.58 bits per heavy atom. The SMILES string of the molecule is Cc1ccc(NC(=O)CSc2nnc(SCc3ccccc3)s2)cc1F. The Labute approximate surface area is 163 Å². The van der Waals surface area contributed by atoms with Crippen LogP contribution >= 0.6 is 34.9 Å². The van der Waals surface area contributed by atoms with Crippen LogP contribution in [0.1, 0.15) is 11.1 Å². The van der Waals surface area contributed by atoms with Crippen molar-refractivity contribution in [3.8, 4) is 0 Å². The molecule has 0 atom stereocenters. The lowest BCUT2D eigenvalue weighted by atomic mass is 10.2. The highest BCUT2D eigenvalue weighted by atomic mass is 32.2. The summed E-state index contributed by atoms with van der Waals surface area (Å²) in [6.07, 6.45) is 0. The number of nitrogens with one attached hydrogen (secondary N) is 1. The average Bonchev–Trinajstić information content (AvgIpc) is 3.10. The molecule has 0 aliphatic rings. The number of nitrogens with zero attached hydrogens (tertiary/aromatic N) is 2. The van der Waals surface area contributed by atoms with E-state index in [1.54, 1.807) is 30.8 Å². The Balaban J connectivity index is 1.46. The first kappa shape index (κ1) is 18.9. The van der Waals surface area contributed by atoms with Crippen LogP contribution in [-0.4, -0.2) is 21.9 Å². The molecule has 1 N–H and O–H groups in total. The van der Waals surface area contributed by atoms with Crippen LogP contribution in [0.25, 0.3) is 0 Å². The van der Waals surface area contributed by atoms with Crippen molar-refractivity contribution in [2.75, 3.05) is 11.1 Å². The van der Waals surface area contributed by atoms with Crippen molar-refractivity contribution in [1.29, 1.82) is 0 Å². The molecule has 2 aromatic carbocycles. The van der Waals surface area contributed by atoms with Crippen molar-refractivity contribution in [3.05, 3.63) is 65.5 Å². The Bertz CT molecular complexity index is 886. The monoisotopic (exact) mass is 405 g/mol. The predicted molar refractivity (Wildman–Crippen MR) is 106 cm³/mol.